The van der Waals surface area contributed by atoms with Crippen LogP contribution in [0, 0.1) is 0 Å². The lowest BCUT2D eigenvalue weighted by Crippen LogP contribution is -2.38. The van der Waals surface area contributed by atoms with Gasteiger partial charge in [0.2, 0.25) is 5.91 Å². The lowest BCUT2D eigenvalue weighted by molar-refractivity contribution is -0.121. The van der Waals surface area contributed by atoms with Gasteiger partial charge in [-0.3, -0.25) is 9.69 Å². The number of ether oxygens (including phenoxy) is 1. The molecule has 0 bridgehead atoms. The summed E-state index contributed by atoms with van der Waals surface area (Å²) in [7, 11) is 0. The summed E-state index contributed by atoms with van der Waals surface area (Å²) in [4.78, 5) is 14.9. The largest absolute Gasteiger partial charge is 0.508 e. The van der Waals surface area contributed by atoms with E-state index in [2.05, 4.69) is 10.2 Å². The third-order valence-corrected chi connectivity index (χ3v) is 5.27. The summed E-state index contributed by atoms with van der Waals surface area (Å²) in [6.07, 6.45) is 1.17. The Morgan fingerprint density at radius 2 is 1.93 bits per heavy atom. The van der Waals surface area contributed by atoms with Gasteiger partial charge in [0.25, 0.3) is 0 Å². The van der Waals surface area contributed by atoms with Crippen molar-refractivity contribution in [3.8, 4) is 5.75 Å². The minimum absolute atomic E-state index is 0.0322. The predicted octanol–water partition coefficient (Wildman–Crippen LogP) is 3.41. The van der Waals surface area contributed by atoms with Gasteiger partial charge in [0, 0.05) is 42.6 Å². The number of nitrogens with zero attached hydrogens (tertiary/aromatic N) is 1. The fraction of sp³-hybridized carbons (Fsp3) is 0.409. The summed E-state index contributed by atoms with van der Waals surface area (Å²) in [5, 5.41) is 13.9. The van der Waals surface area contributed by atoms with E-state index in [9.17, 15) is 9.90 Å². The van der Waals surface area contributed by atoms with Crippen molar-refractivity contribution in [2.45, 2.75) is 18.8 Å². The molecule has 5 nitrogen and oxygen atoms in total. The summed E-state index contributed by atoms with van der Waals surface area (Å²) in [5.41, 5.74) is 1.64. The van der Waals surface area contributed by atoms with Gasteiger partial charge in [-0.05, 0) is 36.7 Å². The van der Waals surface area contributed by atoms with Gasteiger partial charge >= 0.3 is 0 Å². The Morgan fingerprint density at radius 3 is 2.68 bits per heavy atom. The number of hydrogen-bond donors (Lipinski definition) is 2. The monoisotopic (exact) mass is 402 g/mol. The second kappa shape index (κ2) is 10.5. The van der Waals surface area contributed by atoms with Crippen LogP contribution in [-0.4, -0.2) is 55.3 Å². The first kappa shape index (κ1) is 20.6. The van der Waals surface area contributed by atoms with Crippen LogP contribution in [0.1, 0.15) is 29.9 Å². The maximum Gasteiger partial charge on any atom is 0.220 e. The first-order valence-electron chi connectivity index (χ1n) is 9.73. The van der Waals surface area contributed by atoms with Crippen molar-refractivity contribution in [2.24, 2.45) is 0 Å². The van der Waals surface area contributed by atoms with Crippen molar-refractivity contribution in [3.63, 3.8) is 0 Å². The number of amides is 1. The van der Waals surface area contributed by atoms with E-state index >= 15 is 0 Å². The minimum Gasteiger partial charge on any atom is -0.508 e. The predicted molar refractivity (Wildman–Crippen MR) is 111 cm³/mol. The number of hydrogen-bond acceptors (Lipinski definition) is 4. The van der Waals surface area contributed by atoms with Crippen LogP contribution in [0.3, 0.4) is 0 Å². The average Bonchev–Trinajstić information content (AvgIpc) is 2.73. The highest BCUT2D eigenvalue weighted by molar-refractivity contribution is 6.30. The zero-order chi connectivity index (χ0) is 19.8. The first-order valence-corrected chi connectivity index (χ1v) is 10.1. The van der Waals surface area contributed by atoms with Crippen LogP contribution in [0.25, 0.3) is 0 Å². The Morgan fingerprint density at radius 1 is 1.18 bits per heavy atom. The number of nitrogens with one attached hydrogen (secondary N) is 1. The van der Waals surface area contributed by atoms with Gasteiger partial charge in [0.1, 0.15) is 5.75 Å². The summed E-state index contributed by atoms with van der Waals surface area (Å²) < 4.78 is 5.35. The van der Waals surface area contributed by atoms with Gasteiger partial charge in [0.05, 0.1) is 13.2 Å². The molecule has 0 aliphatic carbocycles. The Bertz CT molecular complexity index is 764. The fourth-order valence-corrected chi connectivity index (χ4v) is 3.69. The maximum atomic E-state index is 12.6. The Balaban J connectivity index is 1.59. The molecule has 1 amide bonds. The molecule has 2 aromatic rings. The number of morpholine rings is 1. The van der Waals surface area contributed by atoms with E-state index in [1.165, 1.54) is 0 Å². The molecule has 0 saturated carbocycles. The molecule has 1 atom stereocenters. The molecule has 2 N–H and O–H groups in total. The number of benzene rings is 2. The highest BCUT2D eigenvalue weighted by atomic mass is 35.5. The molecule has 1 fully saturated rings. The minimum atomic E-state index is -0.251. The van der Waals surface area contributed by atoms with Crippen LogP contribution in [-0.2, 0) is 9.53 Å². The smallest absolute Gasteiger partial charge is 0.220 e. The standard InChI is InChI=1S/C22H27ClN2O3/c23-18-7-8-21(26)20(15-18)19(17-5-2-1-3-6-17)16-22(27)24-9-4-10-25-11-13-28-14-12-25/h1-3,5-8,15,19,26H,4,9-14,16H2,(H,24,27)/t19-/m0/s1. The fourth-order valence-electron chi connectivity index (χ4n) is 3.51. The molecule has 1 saturated heterocycles. The molecule has 0 unspecified atom stereocenters. The van der Waals surface area contributed by atoms with Crippen molar-refractivity contribution in [1.29, 1.82) is 0 Å². The Hall–Kier alpha value is -2.08. The third kappa shape index (κ3) is 5.96. The third-order valence-electron chi connectivity index (χ3n) is 5.03. The average molecular weight is 403 g/mol. The van der Waals surface area contributed by atoms with Crippen LogP contribution in [0.4, 0.5) is 0 Å². The van der Waals surface area contributed by atoms with Crippen molar-refractivity contribution in [1.82, 2.24) is 10.2 Å². The molecular formula is C22H27ClN2O3. The van der Waals surface area contributed by atoms with Gasteiger partial charge < -0.3 is 15.2 Å². The molecule has 28 heavy (non-hydrogen) atoms. The number of rotatable bonds is 8. The second-order valence-corrected chi connectivity index (χ2v) is 7.46. The highest BCUT2D eigenvalue weighted by Gasteiger charge is 2.21. The molecule has 3 rings (SSSR count). The van der Waals surface area contributed by atoms with E-state index in [0.29, 0.717) is 17.1 Å². The van der Waals surface area contributed by atoms with Crippen LogP contribution in [0.15, 0.2) is 48.5 Å². The van der Waals surface area contributed by atoms with Crippen LogP contribution in [0.2, 0.25) is 5.02 Å². The first-order chi connectivity index (χ1) is 13.6. The summed E-state index contributed by atoms with van der Waals surface area (Å²) in [6, 6.07) is 14.7. The van der Waals surface area contributed by atoms with Crippen molar-refractivity contribution < 1.29 is 14.6 Å². The molecule has 150 valence electrons. The van der Waals surface area contributed by atoms with Gasteiger partial charge in [-0.15, -0.1) is 0 Å². The zero-order valence-electron chi connectivity index (χ0n) is 15.9. The Kier molecular flexibility index (Phi) is 7.71. The van der Waals surface area contributed by atoms with Crippen molar-refractivity contribution in [2.75, 3.05) is 39.4 Å². The van der Waals surface area contributed by atoms with E-state index in [0.717, 1.165) is 44.8 Å². The van der Waals surface area contributed by atoms with Crippen LogP contribution >= 0.6 is 11.6 Å². The maximum absolute atomic E-state index is 12.6. The van der Waals surface area contributed by atoms with E-state index in [-0.39, 0.29) is 24.0 Å². The molecular weight excluding hydrogens is 376 g/mol. The van der Waals surface area contributed by atoms with E-state index < -0.39 is 0 Å². The molecule has 1 heterocycles. The quantitative estimate of drug-likeness (QED) is 0.664. The van der Waals surface area contributed by atoms with E-state index in [4.69, 9.17) is 16.3 Å². The van der Waals surface area contributed by atoms with Gasteiger partial charge in [-0.25, -0.2) is 0 Å². The van der Waals surface area contributed by atoms with Crippen LogP contribution < -0.4 is 5.32 Å². The SMILES string of the molecule is O=C(C[C@@H](c1ccccc1)c1cc(Cl)ccc1O)NCCCN1CCOCC1. The number of halogens is 1. The normalized spacial score (nSPS) is 15.9. The second-order valence-electron chi connectivity index (χ2n) is 7.03. The van der Waals surface area contributed by atoms with Crippen molar-refractivity contribution in [3.05, 3.63) is 64.7 Å². The summed E-state index contributed by atoms with van der Waals surface area (Å²) in [6.45, 7) is 5.08. The number of aromatic hydroxyl groups is 1. The molecule has 0 radical (unpaired) electrons. The van der Waals surface area contributed by atoms with Gasteiger partial charge in [-0.2, -0.15) is 0 Å². The van der Waals surface area contributed by atoms with E-state index in [1.54, 1.807) is 18.2 Å². The number of carbonyl (C=O) groups excluding carboxylic acids is 1. The van der Waals surface area contributed by atoms with Crippen LogP contribution in [0.5, 0.6) is 5.75 Å². The zero-order valence-corrected chi connectivity index (χ0v) is 16.7. The number of carbonyl (C=O) groups is 1. The highest BCUT2D eigenvalue weighted by Crippen LogP contribution is 2.35. The van der Waals surface area contributed by atoms with Gasteiger partial charge in [-0.1, -0.05) is 41.9 Å². The molecule has 1 aliphatic heterocycles. The topological polar surface area (TPSA) is 61.8 Å². The lowest BCUT2D eigenvalue weighted by atomic mass is 9.87. The summed E-state index contributed by atoms with van der Waals surface area (Å²) >= 11 is 6.14. The molecule has 6 heteroatoms. The number of phenolic OH excluding ortho intramolecular Hbond substituents is 1. The molecule has 0 spiro atoms. The van der Waals surface area contributed by atoms with Crippen molar-refractivity contribution >= 4 is 17.5 Å². The number of phenols is 1. The Labute approximate surface area is 171 Å². The van der Waals surface area contributed by atoms with Gasteiger partial charge in [0.15, 0.2) is 0 Å². The summed E-state index contributed by atoms with van der Waals surface area (Å²) in [5.74, 6) is -0.132. The molecule has 1 aliphatic rings. The lowest BCUT2D eigenvalue weighted by Gasteiger charge is -2.26. The molecule has 2 aromatic carbocycles. The molecule has 0 aromatic heterocycles. The van der Waals surface area contributed by atoms with E-state index in [1.807, 2.05) is 30.3 Å².